The molecule has 90 valence electrons. The van der Waals surface area contributed by atoms with Crippen molar-refractivity contribution in [2.24, 2.45) is 16.6 Å². The maximum Gasteiger partial charge on any atom is 0.188 e. The lowest BCUT2D eigenvalue weighted by molar-refractivity contribution is 0.506. The zero-order chi connectivity index (χ0) is 10.6. The van der Waals surface area contributed by atoms with Gasteiger partial charge >= 0.3 is 0 Å². The van der Waals surface area contributed by atoms with Crippen molar-refractivity contribution in [2.75, 3.05) is 18.1 Å². The number of halogens is 1. The molecule has 1 aliphatic rings. The van der Waals surface area contributed by atoms with Gasteiger partial charge in [-0.05, 0) is 44.6 Å². The van der Waals surface area contributed by atoms with Gasteiger partial charge in [0.05, 0.1) is 0 Å². The maximum atomic E-state index is 5.77. The lowest BCUT2D eigenvalue weighted by Gasteiger charge is -2.21. The van der Waals surface area contributed by atoms with E-state index < -0.39 is 0 Å². The Hall–Kier alpha value is 0.350. The van der Waals surface area contributed by atoms with E-state index in [0.717, 1.165) is 12.5 Å². The second kappa shape index (κ2) is 6.83. The Kier molecular flexibility index (Phi) is 6.99. The minimum atomic E-state index is 0. The summed E-state index contributed by atoms with van der Waals surface area (Å²) >= 11 is 2.02. The van der Waals surface area contributed by atoms with Crippen LogP contribution in [0.5, 0.6) is 0 Å². The van der Waals surface area contributed by atoms with Crippen LogP contribution in [0.1, 0.15) is 27.2 Å². The number of nitrogens with two attached hydrogens (primary N) is 1. The Balaban J connectivity index is 0.00000196. The van der Waals surface area contributed by atoms with Crippen LogP contribution in [0.4, 0.5) is 0 Å². The van der Waals surface area contributed by atoms with Gasteiger partial charge in [0, 0.05) is 12.1 Å². The smallest absolute Gasteiger partial charge is 0.188 e. The third-order valence-electron chi connectivity index (χ3n) is 2.05. The fourth-order valence-corrected chi connectivity index (χ4v) is 2.65. The highest BCUT2D eigenvalue weighted by atomic mass is 127. The first kappa shape index (κ1) is 15.3. The van der Waals surface area contributed by atoms with Gasteiger partial charge in [-0.1, -0.05) is 0 Å². The average Bonchev–Trinajstić information content (AvgIpc) is 2.49. The topological polar surface area (TPSA) is 50.4 Å². The number of hydrogen-bond acceptors (Lipinski definition) is 2. The van der Waals surface area contributed by atoms with Crippen molar-refractivity contribution in [1.82, 2.24) is 5.32 Å². The molecule has 1 heterocycles. The monoisotopic (exact) mass is 343 g/mol. The average molecular weight is 343 g/mol. The van der Waals surface area contributed by atoms with Crippen LogP contribution < -0.4 is 11.1 Å². The Bertz CT molecular complexity index is 207. The summed E-state index contributed by atoms with van der Waals surface area (Å²) in [7, 11) is 0. The standard InChI is InChI=1S/C10H21N3S.HI/c1-10(2,3)13-9(11)12-6-8-4-5-14-7-8;/h8H,4-7H2,1-3H3,(H3,11,12,13);1H. The maximum absolute atomic E-state index is 5.77. The molecule has 1 fully saturated rings. The van der Waals surface area contributed by atoms with Gasteiger partial charge in [0.2, 0.25) is 0 Å². The molecule has 3 nitrogen and oxygen atoms in total. The highest BCUT2D eigenvalue weighted by molar-refractivity contribution is 14.0. The van der Waals surface area contributed by atoms with E-state index in [-0.39, 0.29) is 29.5 Å². The lowest BCUT2D eigenvalue weighted by Crippen LogP contribution is -2.45. The van der Waals surface area contributed by atoms with Gasteiger partial charge in [-0.15, -0.1) is 24.0 Å². The number of thioether (sulfide) groups is 1. The molecular formula is C10H22IN3S. The largest absolute Gasteiger partial charge is 0.370 e. The quantitative estimate of drug-likeness (QED) is 0.458. The van der Waals surface area contributed by atoms with Crippen LogP contribution in [0.15, 0.2) is 4.99 Å². The minimum absolute atomic E-state index is 0. The molecule has 1 unspecified atom stereocenters. The van der Waals surface area contributed by atoms with E-state index >= 15 is 0 Å². The van der Waals surface area contributed by atoms with E-state index in [1.54, 1.807) is 0 Å². The van der Waals surface area contributed by atoms with Crippen molar-refractivity contribution < 1.29 is 0 Å². The van der Waals surface area contributed by atoms with Crippen molar-refractivity contribution in [3.63, 3.8) is 0 Å². The first-order valence-electron chi connectivity index (χ1n) is 5.13. The molecule has 1 saturated heterocycles. The molecule has 1 aliphatic heterocycles. The zero-order valence-corrected chi connectivity index (χ0v) is 12.9. The molecule has 3 N–H and O–H groups in total. The Labute approximate surface area is 114 Å². The van der Waals surface area contributed by atoms with Crippen LogP contribution in [0, 0.1) is 5.92 Å². The molecule has 0 spiro atoms. The normalized spacial score (nSPS) is 22.3. The van der Waals surface area contributed by atoms with Crippen LogP contribution in [-0.4, -0.2) is 29.5 Å². The first-order valence-corrected chi connectivity index (χ1v) is 6.29. The Morgan fingerprint density at radius 3 is 2.67 bits per heavy atom. The SMILES string of the molecule is CC(C)(C)NC(N)=NCC1CCSC1.I. The second-order valence-electron chi connectivity index (χ2n) is 4.83. The van der Waals surface area contributed by atoms with E-state index in [4.69, 9.17) is 5.73 Å². The zero-order valence-electron chi connectivity index (χ0n) is 9.75. The van der Waals surface area contributed by atoms with E-state index in [1.165, 1.54) is 17.9 Å². The van der Waals surface area contributed by atoms with Crippen molar-refractivity contribution in [3.05, 3.63) is 0 Å². The fourth-order valence-electron chi connectivity index (χ4n) is 1.38. The fraction of sp³-hybridized carbons (Fsp3) is 0.900. The summed E-state index contributed by atoms with van der Waals surface area (Å²) in [5.41, 5.74) is 5.78. The molecule has 0 radical (unpaired) electrons. The Morgan fingerprint density at radius 2 is 2.20 bits per heavy atom. The molecule has 0 aromatic rings. The summed E-state index contributed by atoms with van der Waals surface area (Å²) in [5.74, 6) is 3.84. The van der Waals surface area contributed by atoms with Crippen LogP contribution in [-0.2, 0) is 0 Å². The number of aliphatic imine (C=N–C) groups is 1. The van der Waals surface area contributed by atoms with Gasteiger partial charge < -0.3 is 11.1 Å². The van der Waals surface area contributed by atoms with E-state index in [9.17, 15) is 0 Å². The highest BCUT2D eigenvalue weighted by Gasteiger charge is 2.15. The summed E-state index contributed by atoms with van der Waals surface area (Å²) < 4.78 is 0. The summed E-state index contributed by atoms with van der Waals surface area (Å²) in [6.07, 6.45) is 1.29. The van der Waals surface area contributed by atoms with Crippen LogP contribution >= 0.6 is 35.7 Å². The number of nitrogens with zero attached hydrogens (tertiary/aromatic N) is 1. The third-order valence-corrected chi connectivity index (χ3v) is 3.28. The molecule has 0 amide bonds. The predicted octanol–water partition coefficient (Wildman–Crippen LogP) is 2.06. The van der Waals surface area contributed by atoms with Gasteiger partial charge in [0.1, 0.15) is 0 Å². The molecule has 0 saturated carbocycles. The van der Waals surface area contributed by atoms with Gasteiger partial charge in [0.15, 0.2) is 5.96 Å². The Morgan fingerprint density at radius 1 is 1.53 bits per heavy atom. The molecular weight excluding hydrogens is 321 g/mol. The predicted molar refractivity (Wildman–Crippen MR) is 80.2 cm³/mol. The van der Waals surface area contributed by atoms with Crippen molar-refractivity contribution in [2.45, 2.75) is 32.7 Å². The van der Waals surface area contributed by atoms with Gasteiger partial charge in [-0.25, -0.2) is 0 Å². The van der Waals surface area contributed by atoms with Crippen LogP contribution in [0.25, 0.3) is 0 Å². The second-order valence-corrected chi connectivity index (χ2v) is 5.98. The molecule has 0 aromatic heterocycles. The van der Waals surface area contributed by atoms with E-state index in [0.29, 0.717) is 5.96 Å². The van der Waals surface area contributed by atoms with Gasteiger partial charge in [0.25, 0.3) is 0 Å². The first-order chi connectivity index (χ1) is 6.47. The molecule has 0 aliphatic carbocycles. The van der Waals surface area contributed by atoms with Gasteiger partial charge in [-0.3, -0.25) is 4.99 Å². The molecule has 0 aromatic carbocycles. The highest BCUT2D eigenvalue weighted by Crippen LogP contribution is 2.23. The molecule has 1 atom stereocenters. The molecule has 15 heavy (non-hydrogen) atoms. The van der Waals surface area contributed by atoms with Crippen molar-refractivity contribution in [1.29, 1.82) is 0 Å². The van der Waals surface area contributed by atoms with Crippen LogP contribution in [0.2, 0.25) is 0 Å². The van der Waals surface area contributed by atoms with Gasteiger partial charge in [-0.2, -0.15) is 11.8 Å². The lowest BCUT2D eigenvalue weighted by atomic mass is 10.1. The number of nitrogens with one attached hydrogen (secondary N) is 1. The van der Waals surface area contributed by atoms with E-state index in [1.807, 2.05) is 11.8 Å². The number of rotatable bonds is 2. The molecule has 1 rings (SSSR count). The number of guanidine groups is 1. The van der Waals surface area contributed by atoms with Crippen molar-refractivity contribution >= 4 is 41.7 Å². The minimum Gasteiger partial charge on any atom is -0.370 e. The van der Waals surface area contributed by atoms with E-state index in [2.05, 4.69) is 31.1 Å². The van der Waals surface area contributed by atoms with Crippen LogP contribution in [0.3, 0.4) is 0 Å². The summed E-state index contributed by atoms with van der Waals surface area (Å²) in [4.78, 5) is 4.36. The molecule has 5 heteroatoms. The summed E-state index contributed by atoms with van der Waals surface area (Å²) in [5, 5.41) is 3.16. The van der Waals surface area contributed by atoms with Crippen molar-refractivity contribution in [3.8, 4) is 0 Å². The molecule has 0 bridgehead atoms. The summed E-state index contributed by atoms with van der Waals surface area (Å²) in [6.45, 7) is 7.13. The number of hydrogen-bond donors (Lipinski definition) is 2. The summed E-state index contributed by atoms with van der Waals surface area (Å²) in [6, 6.07) is 0. The third kappa shape index (κ3) is 7.27.